The average Bonchev–Trinajstić information content (AvgIpc) is 3.40. The molecule has 2 aromatic heterocycles. The van der Waals surface area contributed by atoms with E-state index < -0.39 is 5.60 Å². The molecule has 8 heteroatoms. The summed E-state index contributed by atoms with van der Waals surface area (Å²) < 4.78 is 17.2. The molecule has 0 aliphatic carbocycles. The maximum atomic E-state index is 13.6. The Balaban J connectivity index is 1.57. The number of hydrogen-bond donors (Lipinski definition) is 2. The molecule has 0 spiro atoms. The minimum absolute atomic E-state index is 0.146. The number of imidazole rings is 1. The van der Waals surface area contributed by atoms with Gasteiger partial charge in [0.15, 0.2) is 11.6 Å². The maximum Gasteiger partial charge on any atom is 0.181 e. The molecule has 3 heterocycles. The Kier molecular flexibility index (Phi) is 4.91. The van der Waals surface area contributed by atoms with E-state index in [2.05, 4.69) is 10.1 Å². The fourth-order valence-corrected chi connectivity index (χ4v) is 4.53. The lowest BCUT2D eigenvalue weighted by Gasteiger charge is -2.32. The van der Waals surface area contributed by atoms with Gasteiger partial charge < -0.3 is 14.8 Å². The summed E-state index contributed by atoms with van der Waals surface area (Å²) >= 11 is 0. The van der Waals surface area contributed by atoms with Gasteiger partial charge in [-0.1, -0.05) is 6.07 Å². The lowest BCUT2D eigenvalue weighted by molar-refractivity contribution is 0.0389. The molecule has 1 aliphatic rings. The highest BCUT2D eigenvalue weighted by molar-refractivity contribution is 5.60. The molecule has 0 amide bonds. The summed E-state index contributed by atoms with van der Waals surface area (Å²) in [6, 6.07) is 10.1. The Bertz CT molecular complexity index is 1310. The summed E-state index contributed by atoms with van der Waals surface area (Å²) in [7, 11) is 0. The molecule has 0 radical (unpaired) electrons. The standard InChI is InChI=1S/C24H24FN5O2/c1-15-10-19(25)5-6-20(15)24(32)8-3-9-30-23(24)27-22(28-30)17-4-7-21(18(11-17)13-31)29-12-16(2)26-14-29/h4-7,10-12,14,31-32H,3,8-9,13H2,1-2H3. The van der Waals surface area contributed by atoms with E-state index >= 15 is 0 Å². The number of nitrogens with zero attached hydrogens (tertiary/aromatic N) is 5. The number of halogens is 1. The highest BCUT2D eigenvalue weighted by atomic mass is 19.1. The first kappa shape index (κ1) is 20.5. The number of benzene rings is 2. The van der Waals surface area contributed by atoms with Crippen LogP contribution in [-0.4, -0.2) is 34.5 Å². The number of rotatable bonds is 4. The van der Waals surface area contributed by atoms with Crippen LogP contribution in [-0.2, 0) is 18.8 Å². The fourth-order valence-electron chi connectivity index (χ4n) is 4.53. The van der Waals surface area contributed by atoms with Gasteiger partial charge in [0, 0.05) is 23.9 Å². The topological polar surface area (TPSA) is 89.0 Å². The van der Waals surface area contributed by atoms with E-state index in [0.29, 0.717) is 35.7 Å². The van der Waals surface area contributed by atoms with Crippen LogP contribution in [0.25, 0.3) is 17.1 Å². The number of aliphatic hydroxyl groups excluding tert-OH is 1. The summed E-state index contributed by atoms with van der Waals surface area (Å²) in [6.07, 6.45) is 4.82. The van der Waals surface area contributed by atoms with E-state index in [1.54, 1.807) is 24.0 Å². The number of aromatic nitrogens is 5. The van der Waals surface area contributed by atoms with Crippen LogP contribution < -0.4 is 0 Å². The monoisotopic (exact) mass is 433 g/mol. The molecule has 32 heavy (non-hydrogen) atoms. The van der Waals surface area contributed by atoms with Crippen molar-refractivity contribution in [1.29, 1.82) is 0 Å². The Labute approximate surface area is 184 Å². The normalized spacial score (nSPS) is 18.0. The Morgan fingerprint density at radius 1 is 1.16 bits per heavy atom. The summed E-state index contributed by atoms with van der Waals surface area (Å²) in [5, 5.41) is 26.2. The first-order chi connectivity index (χ1) is 15.4. The van der Waals surface area contributed by atoms with Gasteiger partial charge in [-0.3, -0.25) is 0 Å². The molecule has 4 aromatic rings. The molecule has 1 aliphatic heterocycles. The van der Waals surface area contributed by atoms with Gasteiger partial charge in [-0.15, -0.1) is 0 Å². The van der Waals surface area contributed by atoms with E-state index in [4.69, 9.17) is 4.98 Å². The lowest BCUT2D eigenvalue weighted by atomic mass is 9.83. The van der Waals surface area contributed by atoms with Gasteiger partial charge >= 0.3 is 0 Å². The van der Waals surface area contributed by atoms with Crippen molar-refractivity contribution < 1.29 is 14.6 Å². The summed E-state index contributed by atoms with van der Waals surface area (Å²) in [4.78, 5) is 8.96. The van der Waals surface area contributed by atoms with Gasteiger partial charge in [-0.05, 0) is 68.1 Å². The fraction of sp³-hybridized carbons (Fsp3) is 0.292. The number of fused-ring (bicyclic) bond motifs is 1. The Morgan fingerprint density at radius 3 is 2.72 bits per heavy atom. The zero-order valence-corrected chi connectivity index (χ0v) is 18.0. The van der Waals surface area contributed by atoms with Gasteiger partial charge in [0.25, 0.3) is 0 Å². The van der Waals surface area contributed by atoms with Crippen LogP contribution in [0.5, 0.6) is 0 Å². The summed E-state index contributed by atoms with van der Waals surface area (Å²) in [6.45, 7) is 4.19. The first-order valence-corrected chi connectivity index (χ1v) is 10.6. The van der Waals surface area contributed by atoms with Crippen molar-refractivity contribution in [2.45, 2.75) is 45.4 Å². The summed E-state index contributed by atoms with van der Waals surface area (Å²) in [5.74, 6) is 0.592. The SMILES string of the molecule is Cc1cn(-c2ccc(-c3nc4n(n3)CCCC4(O)c3ccc(F)cc3C)cc2CO)cn1. The van der Waals surface area contributed by atoms with Gasteiger partial charge in [0.1, 0.15) is 11.4 Å². The zero-order valence-electron chi connectivity index (χ0n) is 18.0. The molecule has 164 valence electrons. The predicted molar refractivity (Wildman–Crippen MR) is 117 cm³/mol. The third-order valence-corrected chi connectivity index (χ3v) is 6.08. The van der Waals surface area contributed by atoms with Crippen LogP contribution in [0.1, 0.15) is 41.1 Å². The third kappa shape index (κ3) is 3.32. The van der Waals surface area contributed by atoms with E-state index in [9.17, 15) is 14.6 Å². The van der Waals surface area contributed by atoms with E-state index in [1.807, 2.05) is 35.9 Å². The van der Waals surface area contributed by atoms with Gasteiger partial charge in [-0.2, -0.15) is 5.10 Å². The highest BCUT2D eigenvalue weighted by Gasteiger charge is 2.40. The summed E-state index contributed by atoms with van der Waals surface area (Å²) in [5.41, 5.74) is 3.16. The molecule has 0 bridgehead atoms. The molecular formula is C24H24FN5O2. The van der Waals surface area contributed by atoms with E-state index in [0.717, 1.165) is 28.9 Å². The minimum atomic E-state index is -1.34. The van der Waals surface area contributed by atoms with E-state index in [1.165, 1.54) is 12.1 Å². The van der Waals surface area contributed by atoms with Gasteiger partial charge in [-0.25, -0.2) is 19.0 Å². The molecule has 1 unspecified atom stereocenters. The molecular weight excluding hydrogens is 409 g/mol. The zero-order chi connectivity index (χ0) is 22.5. The molecule has 5 rings (SSSR count). The van der Waals surface area contributed by atoms with Crippen LogP contribution in [0.4, 0.5) is 4.39 Å². The number of aryl methyl sites for hydroxylation is 3. The largest absolute Gasteiger partial charge is 0.392 e. The Hall–Kier alpha value is -3.36. The van der Waals surface area contributed by atoms with Crippen LogP contribution in [0.2, 0.25) is 0 Å². The highest BCUT2D eigenvalue weighted by Crippen LogP contribution is 2.39. The van der Waals surface area contributed by atoms with Crippen molar-refractivity contribution >= 4 is 0 Å². The second-order valence-corrected chi connectivity index (χ2v) is 8.33. The molecule has 0 fully saturated rings. The molecule has 2 aromatic carbocycles. The second-order valence-electron chi connectivity index (χ2n) is 8.33. The van der Waals surface area contributed by atoms with Crippen molar-refractivity contribution in [3.05, 3.63) is 82.9 Å². The van der Waals surface area contributed by atoms with Crippen molar-refractivity contribution in [3.63, 3.8) is 0 Å². The van der Waals surface area contributed by atoms with Crippen LogP contribution in [0, 0.1) is 19.7 Å². The van der Waals surface area contributed by atoms with Gasteiger partial charge in [0.05, 0.1) is 24.3 Å². The lowest BCUT2D eigenvalue weighted by Crippen LogP contribution is -2.36. The average molecular weight is 433 g/mol. The third-order valence-electron chi connectivity index (χ3n) is 6.08. The minimum Gasteiger partial charge on any atom is -0.392 e. The van der Waals surface area contributed by atoms with Crippen molar-refractivity contribution in [2.24, 2.45) is 0 Å². The quantitative estimate of drug-likeness (QED) is 0.515. The van der Waals surface area contributed by atoms with Crippen molar-refractivity contribution in [1.82, 2.24) is 24.3 Å². The second kappa shape index (κ2) is 7.65. The van der Waals surface area contributed by atoms with Crippen LogP contribution >= 0.6 is 0 Å². The van der Waals surface area contributed by atoms with Crippen molar-refractivity contribution in [2.75, 3.05) is 0 Å². The molecule has 0 saturated carbocycles. The first-order valence-electron chi connectivity index (χ1n) is 10.6. The molecule has 7 nitrogen and oxygen atoms in total. The predicted octanol–water partition coefficient (Wildman–Crippen LogP) is 3.41. The van der Waals surface area contributed by atoms with Crippen molar-refractivity contribution in [3.8, 4) is 17.1 Å². The van der Waals surface area contributed by atoms with Gasteiger partial charge in [0.2, 0.25) is 0 Å². The Morgan fingerprint density at radius 2 is 2.00 bits per heavy atom. The molecule has 0 saturated heterocycles. The molecule has 1 atom stereocenters. The molecule has 2 N–H and O–H groups in total. The smallest absolute Gasteiger partial charge is 0.181 e. The maximum absolute atomic E-state index is 13.6. The van der Waals surface area contributed by atoms with Crippen LogP contribution in [0.3, 0.4) is 0 Å². The number of hydrogen-bond acceptors (Lipinski definition) is 5. The van der Waals surface area contributed by atoms with Crippen LogP contribution in [0.15, 0.2) is 48.9 Å². The van der Waals surface area contributed by atoms with E-state index in [-0.39, 0.29) is 12.4 Å². The number of aliphatic hydroxyl groups is 2.